The molecular weight excluding hydrogens is 560 g/mol. The zero-order valence-corrected chi connectivity index (χ0v) is 24.6. The van der Waals surface area contributed by atoms with Crippen molar-refractivity contribution in [1.82, 2.24) is 10.1 Å². The average Bonchev–Trinajstić information content (AvgIpc) is 3.70. The van der Waals surface area contributed by atoms with Crippen LogP contribution in [-0.4, -0.2) is 71.6 Å². The molecule has 1 amide bonds. The molecule has 1 spiro atoms. The molecule has 12 heteroatoms. The molecule has 7 rings (SSSR count). The lowest BCUT2D eigenvalue weighted by Crippen LogP contribution is -2.37. The minimum absolute atomic E-state index is 0.0125. The summed E-state index contributed by atoms with van der Waals surface area (Å²) in [4.78, 5) is 17.0. The van der Waals surface area contributed by atoms with Gasteiger partial charge in [-0.15, -0.1) is 0 Å². The van der Waals surface area contributed by atoms with Crippen LogP contribution >= 0.6 is 0 Å². The number of fused-ring (bicyclic) bond motifs is 4. The van der Waals surface area contributed by atoms with E-state index in [2.05, 4.69) is 33.0 Å². The minimum atomic E-state index is -4.27. The minimum Gasteiger partial charge on any atom is -0.495 e. The molecule has 222 valence electrons. The molecule has 0 bridgehead atoms. The summed E-state index contributed by atoms with van der Waals surface area (Å²) in [7, 11) is -1.55. The van der Waals surface area contributed by atoms with Crippen molar-refractivity contribution in [2.45, 2.75) is 48.8 Å². The molecule has 2 saturated heterocycles. The number of carbonyl (C=O) groups excluding carboxylic acids is 1. The van der Waals surface area contributed by atoms with E-state index in [4.69, 9.17) is 18.7 Å². The first-order valence-corrected chi connectivity index (χ1v) is 15.9. The fourth-order valence-electron chi connectivity index (χ4n) is 6.28. The molecule has 1 aromatic heterocycles. The number of rotatable bonds is 7. The number of nitrogens with one attached hydrogen (secondary N) is 1. The smallest absolute Gasteiger partial charge is 0.270 e. The molecule has 2 aliphatic heterocycles. The monoisotopic (exact) mass is 594 g/mol. The van der Waals surface area contributed by atoms with E-state index < -0.39 is 10.0 Å². The third-order valence-electron chi connectivity index (χ3n) is 8.91. The van der Waals surface area contributed by atoms with Crippen LogP contribution in [-0.2, 0) is 26.6 Å². The van der Waals surface area contributed by atoms with Gasteiger partial charge in [-0.2, -0.15) is 0 Å². The van der Waals surface area contributed by atoms with Crippen molar-refractivity contribution in [1.29, 1.82) is 0 Å². The fourth-order valence-corrected chi connectivity index (χ4v) is 7.62. The summed E-state index contributed by atoms with van der Waals surface area (Å²) in [6.45, 7) is 3.37. The van der Waals surface area contributed by atoms with E-state index in [1.807, 2.05) is 0 Å². The normalized spacial score (nSPS) is 18.9. The number of benzene rings is 2. The van der Waals surface area contributed by atoms with Crippen molar-refractivity contribution >= 4 is 27.4 Å². The standard InChI is InChI=1S/C30H34N4O7S/c1-38-24-14-19(29(35)34-10-3-4-13-40-18-34)15-25(39-2)27(24)42(36,37)32-28-22-17-30(8-9-30)23-7-6-20(33-11-5-12-33)16-21(23)26(22)41-31-28/h6-7,14-16H,3-5,8-13,17-18H2,1-2H3,(H,31,32). The third-order valence-corrected chi connectivity index (χ3v) is 10.3. The Bertz CT molecular complexity index is 1630. The Morgan fingerprint density at radius 1 is 1.02 bits per heavy atom. The first-order valence-electron chi connectivity index (χ1n) is 14.4. The van der Waals surface area contributed by atoms with Gasteiger partial charge in [-0.25, -0.2) is 8.42 Å². The fraction of sp³-hybridized carbons (Fsp3) is 0.467. The number of methoxy groups -OCH3 is 2. The summed E-state index contributed by atoms with van der Waals surface area (Å²) < 4.78 is 52.8. The maximum atomic E-state index is 13.9. The number of aromatic nitrogens is 1. The molecule has 11 nitrogen and oxygen atoms in total. The number of carbonyl (C=O) groups is 1. The number of ether oxygens (including phenoxy) is 3. The molecule has 3 fully saturated rings. The topological polar surface area (TPSA) is 123 Å². The van der Waals surface area contributed by atoms with E-state index in [-0.39, 0.29) is 45.8 Å². The zero-order chi connectivity index (χ0) is 29.1. The van der Waals surface area contributed by atoms with Crippen LogP contribution in [0.25, 0.3) is 11.3 Å². The molecule has 3 aromatic rings. The summed E-state index contributed by atoms with van der Waals surface area (Å²) in [6.07, 6.45) is 5.56. The molecule has 1 N–H and O–H groups in total. The second-order valence-corrected chi connectivity index (χ2v) is 13.1. The van der Waals surface area contributed by atoms with Crippen LogP contribution < -0.4 is 19.1 Å². The second-order valence-electron chi connectivity index (χ2n) is 11.5. The van der Waals surface area contributed by atoms with Crippen molar-refractivity contribution in [3.63, 3.8) is 0 Å². The lowest BCUT2D eigenvalue weighted by atomic mass is 9.79. The summed E-state index contributed by atoms with van der Waals surface area (Å²) >= 11 is 0. The zero-order valence-electron chi connectivity index (χ0n) is 23.8. The van der Waals surface area contributed by atoms with Gasteiger partial charge < -0.3 is 28.5 Å². The summed E-state index contributed by atoms with van der Waals surface area (Å²) in [5.74, 6) is 0.439. The van der Waals surface area contributed by atoms with Crippen molar-refractivity contribution in [3.05, 3.63) is 47.0 Å². The van der Waals surface area contributed by atoms with Crippen LogP contribution in [0.15, 0.2) is 39.8 Å². The van der Waals surface area contributed by atoms with Gasteiger partial charge in [0.25, 0.3) is 15.9 Å². The Morgan fingerprint density at radius 3 is 2.45 bits per heavy atom. The van der Waals surface area contributed by atoms with Crippen molar-refractivity contribution < 1.29 is 31.9 Å². The highest BCUT2D eigenvalue weighted by Gasteiger charge is 2.51. The van der Waals surface area contributed by atoms with Crippen LogP contribution in [0, 0.1) is 0 Å². The van der Waals surface area contributed by atoms with E-state index in [0.717, 1.165) is 55.6 Å². The summed E-state index contributed by atoms with van der Waals surface area (Å²) in [5.41, 5.74) is 4.32. The first-order chi connectivity index (χ1) is 20.3. The Kier molecular flexibility index (Phi) is 6.58. The number of amides is 1. The third kappa shape index (κ3) is 4.48. The van der Waals surface area contributed by atoms with Crippen LogP contribution in [0.3, 0.4) is 0 Å². The van der Waals surface area contributed by atoms with Crippen molar-refractivity contribution in [3.8, 4) is 22.8 Å². The van der Waals surface area contributed by atoms with Gasteiger partial charge in [0.05, 0.1) is 14.2 Å². The van der Waals surface area contributed by atoms with E-state index in [1.54, 1.807) is 4.90 Å². The molecule has 0 radical (unpaired) electrons. The predicted octanol–water partition coefficient (Wildman–Crippen LogP) is 4.17. The van der Waals surface area contributed by atoms with Crippen LogP contribution in [0.5, 0.6) is 11.5 Å². The molecule has 0 atom stereocenters. The van der Waals surface area contributed by atoms with E-state index in [9.17, 15) is 13.2 Å². The molecule has 1 saturated carbocycles. The van der Waals surface area contributed by atoms with Gasteiger partial charge in [0.1, 0.15) is 18.2 Å². The highest BCUT2D eigenvalue weighted by Crippen LogP contribution is 2.59. The SMILES string of the molecule is COc1cc(C(=O)N2CCCCOC2)cc(OC)c1S(=O)(=O)Nc1noc2c1CC1(CC1)c1ccc(N3CCC3)cc1-2. The molecule has 3 heterocycles. The average molecular weight is 595 g/mol. The van der Waals surface area contributed by atoms with Crippen LogP contribution in [0.4, 0.5) is 11.5 Å². The number of nitrogens with zero attached hydrogens (tertiary/aromatic N) is 3. The van der Waals surface area contributed by atoms with E-state index in [1.165, 1.54) is 38.3 Å². The van der Waals surface area contributed by atoms with Gasteiger partial charge in [-0.1, -0.05) is 11.2 Å². The largest absolute Gasteiger partial charge is 0.495 e. The second kappa shape index (κ2) is 10.2. The van der Waals surface area contributed by atoms with Gasteiger partial charge in [-0.05, 0) is 68.4 Å². The maximum Gasteiger partial charge on any atom is 0.270 e. The quantitative estimate of drug-likeness (QED) is 0.429. The lowest BCUT2D eigenvalue weighted by molar-refractivity contribution is 0.0368. The van der Waals surface area contributed by atoms with Crippen LogP contribution in [0.2, 0.25) is 0 Å². The van der Waals surface area contributed by atoms with Crippen LogP contribution in [0.1, 0.15) is 53.6 Å². The van der Waals surface area contributed by atoms with Crippen molar-refractivity contribution in [2.75, 3.05) is 56.8 Å². The van der Waals surface area contributed by atoms with Gasteiger partial charge >= 0.3 is 0 Å². The first kappa shape index (κ1) is 27.1. The molecule has 4 aliphatic rings. The predicted molar refractivity (Wildman–Crippen MR) is 155 cm³/mol. The van der Waals surface area contributed by atoms with E-state index >= 15 is 0 Å². The molecule has 42 heavy (non-hydrogen) atoms. The number of hydrogen-bond donors (Lipinski definition) is 1. The number of sulfonamides is 1. The van der Waals surface area contributed by atoms with Gasteiger partial charge in [-0.3, -0.25) is 9.52 Å². The summed E-state index contributed by atoms with van der Waals surface area (Å²) in [5, 5.41) is 4.20. The highest BCUT2D eigenvalue weighted by molar-refractivity contribution is 7.93. The number of hydrogen-bond acceptors (Lipinski definition) is 9. The van der Waals surface area contributed by atoms with E-state index in [0.29, 0.717) is 25.3 Å². The Balaban J connectivity index is 1.23. The number of anilines is 2. The molecular formula is C30H34N4O7S. The Hall–Kier alpha value is -3.77. The van der Waals surface area contributed by atoms with Crippen molar-refractivity contribution in [2.24, 2.45) is 0 Å². The maximum absolute atomic E-state index is 13.9. The highest BCUT2D eigenvalue weighted by atomic mass is 32.2. The Labute approximate surface area is 244 Å². The molecule has 2 aromatic carbocycles. The Morgan fingerprint density at radius 2 is 1.79 bits per heavy atom. The lowest BCUT2D eigenvalue weighted by Gasteiger charge is -2.34. The van der Waals surface area contributed by atoms with Gasteiger partial charge in [0.15, 0.2) is 16.5 Å². The van der Waals surface area contributed by atoms with Gasteiger partial charge in [0.2, 0.25) is 0 Å². The van der Waals surface area contributed by atoms with Gasteiger partial charge in [0, 0.05) is 54.0 Å². The molecule has 0 unspecified atom stereocenters. The summed E-state index contributed by atoms with van der Waals surface area (Å²) in [6, 6.07) is 9.37. The molecule has 2 aliphatic carbocycles.